The van der Waals surface area contributed by atoms with E-state index in [9.17, 15) is 4.79 Å². The lowest BCUT2D eigenvalue weighted by molar-refractivity contribution is -0.138. The van der Waals surface area contributed by atoms with Crippen LogP contribution in [-0.2, 0) is 4.79 Å². The van der Waals surface area contributed by atoms with Crippen molar-refractivity contribution in [3.05, 3.63) is 4.91 Å². The average molecular weight is 179 g/mol. The van der Waals surface area contributed by atoms with E-state index in [0.29, 0.717) is 19.4 Å². The van der Waals surface area contributed by atoms with Crippen LogP contribution in [0, 0.1) is 4.91 Å². The lowest BCUT2D eigenvalue weighted by Crippen LogP contribution is -2.30. The zero-order chi connectivity index (χ0) is 9.98. The standard InChI is InChI=1S/C5H12N2O2.HNO2/c6-3-1-2-4(7)5(8)9;2-1-3/h4H,1-3,6-7H2,(H,8,9);(H,2,3)/t4-;/m0./s1. The molecule has 0 fully saturated rings. The van der Waals surface area contributed by atoms with Crippen LogP contribution in [0.25, 0.3) is 0 Å². The van der Waals surface area contributed by atoms with E-state index >= 15 is 0 Å². The molecule has 0 aliphatic rings. The minimum Gasteiger partial charge on any atom is -0.480 e. The SMILES string of the molecule is NCCC[C@H](N)C(=O)O.O=NO. The third kappa shape index (κ3) is 11.6. The van der Waals surface area contributed by atoms with Crippen LogP contribution in [0.15, 0.2) is 5.34 Å². The number of rotatable bonds is 4. The van der Waals surface area contributed by atoms with Crippen LogP contribution in [0.4, 0.5) is 0 Å². The van der Waals surface area contributed by atoms with Crippen LogP contribution in [0.2, 0.25) is 0 Å². The van der Waals surface area contributed by atoms with E-state index < -0.39 is 12.0 Å². The molecule has 72 valence electrons. The maximum Gasteiger partial charge on any atom is 0.320 e. The summed E-state index contributed by atoms with van der Waals surface area (Å²) in [6, 6.07) is -0.742. The Morgan fingerprint density at radius 1 is 1.58 bits per heavy atom. The summed E-state index contributed by atoms with van der Waals surface area (Å²) in [7, 11) is 0. The van der Waals surface area contributed by atoms with Gasteiger partial charge in [-0.2, -0.15) is 0 Å². The summed E-state index contributed by atoms with van der Waals surface area (Å²) in [5.74, 6) is -0.955. The topological polar surface area (TPSA) is 139 Å². The van der Waals surface area contributed by atoms with E-state index in [4.69, 9.17) is 26.7 Å². The highest BCUT2D eigenvalue weighted by molar-refractivity contribution is 5.72. The molecule has 7 heteroatoms. The van der Waals surface area contributed by atoms with E-state index in [-0.39, 0.29) is 0 Å². The molecule has 0 aliphatic carbocycles. The predicted molar refractivity (Wildman–Crippen MR) is 41.5 cm³/mol. The maximum atomic E-state index is 10.0. The van der Waals surface area contributed by atoms with Gasteiger partial charge in [0.1, 0.15) is 6.04 Å². The van der Waals surface area contributed by atoms with Crippen molar-refractivity contribution in [3.63, 3.8) is 0 Å². The lowest BCUT2D eigenvalue weighted by atomic mass is 10.2. The van der Waals surface area contributed by atoms with Crippen LogP contribution in [0.3, 0.4) is 0 Å². The van der Waals surface area contributed by atoms with Gasteiger partial charge in [-0.3, -0.25) is 4.79 Å². The van der Waals surface area contributed by atoms with Crippen LogP contribution in [-0.4, -0.2) is 28.9 Å². The fourth-order valence-corrected chi connectivity index (χ4v) is 0.461. The Balaban J connectivity index is 0. The molecule has 0 saturated carbocycles. The fraction of sp³-hybridized carbons (Fsp3) is 0.800. The van der Waals surface area contributed by atoms with Crippen molar-refractivity contribution in [2.24, 2.45) is 16.8 Å². The number of aliphatic carboxylic acids is 1. The van der Waals surface area contributed by atoms with Crippen LogP contribution in [0.1, 0.15) is 12.8 Å². The molecule has 0 unspecified atom stereocenters. The Kier molecular flexibility index (Phi) is 10.9. The first-order chi connectivity index (χ1) is 5.59. The molecule has 0 bridgehead atoms. The minimum atomic E-state index is -0.955. The van der Waals surface area contributed by atoms with Gasteiger partial charge in [0, 0.05) is 0 Å². The predicted octanol–water partition coefficient (Wildman–Crippen LogP) is -0.721. The third-order valence-corrected chi connectivity index (χ3v) is 1.04. The van der Waals surface area contributed by atoms with E-state index in [1.165, 1.54) is 5.34 Å². The first kappa shape index (κ1) is 13.4. The summed E-state index contributed by atoms with van der Waals surface area (Å²) < 4.78 is 0. The van der Waals surface area contributed by atoms with Gasteiger partial charge < -0.3 is 21.8 Å². The Hall–Kier alpha value is -1.21. The number of carboxylic acids is 1. The fourth-order valence-electron chi connectivity index (χ4n) is 0.461. The summed E-state index contributed by atoms with van der Waals surface area (Å²) in [5.41, 5.74) is 10.3. The van der Waals surface area contributed by atoms with Crippen LogP contribution >= 0.6 is 0 Å². The van der Waals surface area contributed by atoms with Gasteiger partial charge >= 0.3 is 5.97 Å². The molecule has 0 aromatic rings. The van der Waals surface area contributed by atoms with Gasteiger partial charge in [0.25, 0.3) is 0 Å². The third-order valence-electron chi connectivity index (χ3n) is 1.04. The zero-order valence-electron chi connectivity index (χ0n) is 6.51. The van der Waals surface area contributed by atoms with Crippen molar-refractivity contribution in [1.29, 1.82) is 0 Å². The number of hydrogen-bond acceptors (Lipinski definition) is 5. The summed E-state index contributed by atoms with van der Waals surface area (Å²) in [5, 5.41) is 16.1. The largest absolute Gasteiger partial charge is 0.480 e. The molecule has 0 aromatic carbocycles. The molecule has 0 saturated heterocycles. The minimum absolute atomic E-state index is 0.464. The molecule has 0 aromatic heterocycles. The Bertz CT molecular complexity index is 130. The molecule has 0 spiro atoms. The van der Waals surface area contributed by atoms with Gasteiger partial charge in [0.05, 0.1) is 0 Å². The van der Waals surface area contributed by atoms with Crippen molar-refractivity contribution in [2.75, 3.05) is 6.54 Å². The first-order valence-electron chi connectivity index (χ1n) is 3.25. The molecule has 7 nitrogen and oxygen atoms in total. The monoisotopic (exact) mass is 179 g/mol. The van der Waals surface area contributed by atoms with Gasteiger partial charge in [0.2, 0.25) is 0 Å². The molecule has 12 heavy (non-hydrogen) atoms. The number of carbonyl (C=O) groups is 1. The Labute approximate surface area is 69.3 Å². The molecule has 0 amide bonds. The number of nitrogens with zero attached hydrogens (tertiary/aromatic N) is 1. The van der Waals surface area contributed by atoms with E-state index in [0.717, 1.165) is 0 Å². The number of hydrogen-bond donors (Lipinski definition) is 4. The Morgan fingerprint density at radius 3 is 2.25 bits per heavy atom. The van der Waals surface area contributed by atoms with E-state index in [2.05, 4.69) is 0 Å². The second kappa shape index (κ2) is 9.79. The highest BCUT2D eigenvalue weighted by atomic mass is 16.6. The highest BCUT2D eigenvalue weighted by Gasteiger charge is 2.08. The molecule has 0 radical (unpaired) electrons. The van der Waals surface area contributed by atoms with E-state index in [1.807, 2.05) is 0 Å². The van der Waals surface area contributed by atoms with Crippen molar-refractivity contribution >= 4 is 5.97 Å². The van der Waals surface area contributed by atoms with Gasteiger partial charge in [-0.25, -0.2) is 0 Å². The van der Waals surface area contributed by atoms with Crippen molar-refractivity contribution < 1.29 is 15.1 Å². The quantitative estimate of drug-likeness (QED) is 0.331. The number of carboxylic acid groups (broad SMARTS) is 1. The molecule has 6 N–H and O–H groups in total. The van der Waals surface area contributed by atoms with Gasteiger partial charge in [-0.15, -0.1) is 4.91 Å². The van der Waals surface area contributed by atoms with Crippen molar-refractivity contribution in [2.45, 2.75) is 18.9 Å². The maximum absolute atomic E-state index is 10.0. The van der Waals surface area contributed by atoms with Gasteiger partial charge in [-0.05, 0) is 19.4 Å². The molecular formula is C5H13N3O4. The summed E-state index contributed by atoms with van der Waals surface area (Å²) in [6.07, 6.45) is 1.14. The van der Waals surface area contributed by atoms with Crippen LogP contribution < -0.4 is 11.5 Å². The van der Waals surface area contributed by atoms with Gasteiger partial charge in [-0.1, -0.05) is 0 Å². The summed E-state index contributed by atoms with van der Waals surface area (Å²) in [4.78, 5) is 18.2. The first-order valence-corrected chi connectivity index (χ1v) is 3.25. The van der Waals surface area contributed by atoms with E-state index in [1.54, 1.807) is 0 Å². The molecular weight excluding hydrogens is 166 g/mol. The average Bonchev–Trinajstić information content (AvgIpc) is 2.01. The summed E-state index contributed by atoms with van der Waals surface area (Å²) >= 11 is 0. The zero-order valence-corrected chi connectivity index (χ0v) is 6.51. The molecule has 0 rings (SSSR count). The molecule has 0 aliphatic heterocycles. The van der Waals surface area contributed by atoms with Gasteiger partial charge in [0.15, 0.2) is 5.34 Å². The van der Waals surface area contributed by atoms with Crippen molar-refractivity contribution in [1.82, 2.24) is 0 Å². The second-order valence-electron chi connectivity index (χ2n) is 1.96. The second-order valence-corrected chi connectivity index (χ2v) is 1.96. The normalized spacial score (nSPS) is 10.8. The molecule has 0 heterocycles. The number of nitrogens with two attached hydrogens (primary N) is 2. The Morgan fingerprint density at radius 2 is 2.00 bits per heavy atom. The lowest BCUT2D eigenvalue weighted by Gasteiger charge is -2.02. The smallest absolute Gasteiger partial charge is 0.320 e. The van der Waals surface area contributed by atoms with Crippen molar-refractivity contribution in [3.8, 4) is 0 Å². The molecule has 1 atom stereocenters. The highest BCUT2D eigenvalue weighted by Crippen LogP contribution is 1.91. The van der Waals surface area contributed by atoms with Crippen LogP contribution in [0.5, 0.6) is 0 Å². The summed E-state index contributed by atoms with van der Waals surface area (Å²) in [6.45, 7) is 0.501.